The van der Waals surface area contributed by atoms with E-state index in [1.807, 2.05) is 39.8 Å². The molecule has 0 spiro atoms. The lowest BCUT2D eigenvalue weighted by molar-refractivity contribution is 0.0857. The molecule has 21 heavy (non-hydrogen) atoms. The number of aliphatic hydroxyl groups excluding tert-OH is 1. The van der Waals surface area contributed by atoms with Crippen molar-refractivity contribution in [2.24, 2.45) is 0 Å². The molecule has 0 amide bonds. The molecule has 0 aliphatic rings. The summed E-state index contributed by atoms with van der Waals surface area (Å²) in [5, 5.41) is 10.5. The smallest absolute Gasteiger partial charge is 0.496 e. The Labute approximate surface area is 128 Å². The van der Waals surface area contributed by atoms with E-state index in [1.54, 1.807) is 7.11 Å². The predicted octanol–water partition coefficient (Wildman–Crippen LogP) is 1.75. The van der Waals surface area contributed by atoms with Crippen LogP contribution in [0.2, 0.25) is 0 Å². The van der Waals surface area contributed by atoms with E-state index in [-0.39, 0.29) is 6.61 Å². The molecule has 0 aromatic heterocycles. The standard InChI is InChI=1S/C15H26O5Si/c1-6-18-21(19-7-2,20-8-3)15-10-9-14(17-5)13(11-16)12(15)4/h9-10,16H,6-8,11H2,1-5H3. The Morgan fingerprint density at radius 2 is 1.52 bits per heavy atom. The van der Waals surface area contributed by atoms with Gasteiger partial charge in [-0.2, -0.15) is 0 Å². The highest BCUT2D eigenvalue weighted by molar-refractivity contribution is 6.75. The van der Waals surface area contributed by atoms with Crippen LogP contribution in [0.25, 0.3) is 0 Å². The third-order valence-corrected chi connectivity index (χ3v) is 6.47. The van der Waals surface area contributed by atoms with E-state index in [2.05, 4.69) is 0 Å². The Balaban J connectivity index is 3.42. The van der Waals surface area contributed by atoms with Crippen LogP contribution in [0.1, 0.15) is 31.9 Å². The second kappa shape index (κ2) is 8.50. The topological polar surface area (TPSA) is 57.2 Å². The van der Waals surface area contributed by atoms with E-state index in [0.717, 1.165) is 16.3 Å². The second-order valence-corrected chi connectivity index (χ2v) is 6.95. The number of ether oxygens (including phenoxy) is 1. The number of benzene rings is 1. The quantitative estimate of drug-likeness (QED) is 0.704. The Kier molecular flexibility index (Phi) is 7.34. The molecule has 0 saturated carbocycles. The monoisotopic (exact) mass is 314 g/mol. The van der Waals surface area contributed by atoms with Gasteiger partial charge < -0.3 is 23.1 Å². The van der Waals surface area contributed by atoms with Crippen molar-refractivity contribution in [3.63, 3.8) is 0 Å². The summed E-state index contributed by atoms with van der Waals surface area (Å²) in [5.74, 6) is 0.658. The van der Waals surface area contributed by atoms with Gasteiger partial charge in [0.2, 0.25) is 0 Å². The molecule has 0 aliphatic heterocycles. The van der Waals surface area contributed by atoms with Crippen LogP contribution in [-0.4, -0.2) is 40.8 Å². The van der Waals surface area contributed by atoms with Crippen molar-refractivity contribution in [1.82, 2.24) is 0 Å². The van der Waals surface area contributed by atoms with Gasteiger partial charge >= 0.3 is 8.80 Å². The van der Waals surface area contributed by atoms with Crippen LogP contribution in [0.3, 0.4) is 0 Å². The third kappa shape index (κ3) is 3.84. The zero-order valence-electron chi connectivity index (χ0n) is 13.6. The van der Waals surface area contributed by atoms with E-state index in [4.69, 9.17) is 18.0 Å². The molecule has 0 aliphatic carbocycles. The van der Waals surface area contributed by atoms with Crippen molar-refractivity contribution in [3.05, 3.63) is 23.3 Å². The fraction of sp³-hybridized carbons (Fsp3) is 0.600. The predicted molar refractivity (Wildman–Crippen MR) is 83.9 cm³/mol. The number of hydrogen-bond acceptors (Lipinski definition) is 5. The number of hydrogen-bond donors (Lipinski definition) is 1. The Morgan fingerprint density at radius 3 is 1.90 bits per heavy atom. The molecule has 0 saturated heterocycles. The highest BCUT2D eigenvalue weighted by Gasteiger charge is 2.45. The maximum absolute atomic E-state index is 9.62. The van der Waals surface area contributed by atoms with E-state index in [9.17, 15) is 5.11 Å². The van der Waals surface area contributed by atoms with Crippen molar-refractivity contribution in [2.75, 3.05) is 26.9 Å². The molecule has 0 heterocycles. The fourth-order valence-corrected chi connectivity index (χ4v) is 5.13. The van der Waals surface area contributed by atoms with E-state index < -0.39 is 8.80 Å². The third-order valence-electron chi connectivity index (χ3n) is 3.27. The molecule has 0 atom stereocenters. The summed E-state index contributed by atoms with van der Waals surface area (Å²) in [4.78, 5) is 0. The van der Waals surface area contributed by atoms with Crippen LogP contribution in [-0.2, 0) is 19.9 Å². The number of methoxy groups -OCH3 is 1. The van der Waals surface area contributed by atoms with Gasteiger partial charge in [-0.3, -0.25) is 0 Å². The number of rotatable bonds is 9. The second-order valence-electron chi connectivity index (χ2n) is 4.43. The van der Waals surface area contributed by atoms with Gasteiger partial charge in [0.05, 0.1) is 13.7 Å². The molecular formula is C15H26O5Si. The molecule has 0 unspecified atom stereocenters. The molecule has 0 radical (unpaired) electrons. The van der Waals surface area contributed by atoms with Crippen molar-refractivity contribution in [1.29, 1.82) is 0 Å². The van der Waals surface area contributed by atoms with Gasteiger partial charge in [0.25, 0.3) is 0 Å². The minimum Gasteiger partial charge on any atom is -0.496 e. The Bertz CT molecular complexity index is 433. The SMILES string of the molecule is CCO[Si](OCC)(OCC)c1ccc(OC)c(CO)c1C. The lowest BCUT2D eigenvalue weighted by Gasteiger charge is -2.30. The van der Waals surface area contributed by atoms with E-state index in [0.29, 0.717) is 25.6 Å². The van der Waals surface area contributed by atoms with Gasteiger partial charge in [-0.1, -0.05) is 6.07 Å². The zero-order chi connectivity index (χ0) is 15.9. The molecule has 1 aromatic carbocycles. The molecule has 1 aromatic rings. The van der Waals surface area contributed by atoms with Crippen LogP contribution in [0.4, 0.5) is 0 Å². The van der Waals surface area contributed by atoms with E-state index in [1.165, 1.54) is 0 Å². The largest absolute Gasteiger partial charge is 0.537 e. The van der Waals surface area contributed by atoms with Crippen molar-refractivity contribution in [2.45, 2.75) is 34.3 Å². The first-order chi connectivity index (χ1) is 10.1. The zero-order valence-corrected chi connectivity index (χ0v) is 14.6. The first-order valence-corrected chi connectivity index (χ1v) is 9.02. The molecule has 120 valence electrons. The summed E-state index contributed by atoms with van der Waals surface area (Å²) in [6.07, 6.45) is 0. The van der Waals surface area contributed by atoms with Crippen LogP contribution >= 0.6 is 0 Å². The summed E-state index contributed by atoms with van der Waals surface area (Å²) in [5.41, 5.74) is 1.64. The average Bonchev–Trinajstić information content (AvgIpc) is 2.47. The van der Waals surface area contributed by atoms with Crippen LogP contribution in [0, 0.1) is 6.92 Å². The molecular weight excluding hydrogens is 288 g/mol. The maximum atomic E-state index is 9.62. The molecule has 1 rings (SSSR count). The normalized spacial score (nSPS) is 11.7. The van der Waals surface area contributed by atoms with E-state index >= 15 is 0 Å². The Hall–Kier alpha value is -0.923. The van der Waals surface area contributed by atoms with Crippen LogP contribution < -0.4 is 9.92 Å². The first-order valence-electron chi connectivity index (χ1n) is 7.29. The van der Waals surface area contributed by atoms with Gasteiger partial charge in [-0.25, -0.2) is 0 Å². The minimum atomic E-state index is -2.97. The van der Waals surface area contributed by atoms with Gasteiger partial charge in [0.1, 0.15) is 5.75 Å². The van der Waals surface area contributed by atoms with Gasteiger partial charge in [-0.05, 0) is 39.3 Å². The summed E-state index contributed by atoms with van der Waals surface area (Å²) in [6.45, 7) is 9.12. The molecule has 0 bridgehead atoms. The summed E-state index contributed by atoms with van der Waals surface area (Å²) < 4.78 is 23.1. The summed E-state index contributed by atoms with van der Waals surface area (Å²) in [6, 6.07) is 3.74. The van der Waals surface area contributed by atoms with Crippen LogP contribution in [0.15, 0.2) is 12.1 Å². The van der Waals surface area contributed by atoms with Gasteiger partial charge in [0.15, 0.2) is 0 Å². The minimum absolute atomic E-state index is 0.0995. The van der Waals surface area contributed by atoms with Gasteiger partial charge in [0, 0.05) is 30.6 Å². The summed E-state index contributed by atoms with van der Waals surface area (Å²) in [7, 11) is -1.38. The molecule has 0 fully saturated rings. The van der Waals surface area contributed by atoms with Crippen molar-refractivity contribution in [3.8, 4) is 5.75 Å². The maximum Gasteiger partial charge on any atom is 0.537 e. The highest BCUT2D eigenvalue weighted by Crippen LogP contribution is 2.24. The average molecular weight is 314 g/mol. The fourth-order valence-electron chi connectivity index (χ4n) is 2.38. The van der Waals surface area contributed by atoms with Crippen LogP contribution in [0.5, 0.6) is 5.75 Å². The molecule has 5 nitrogen and oxygen atoms in total. The summed E-state index contributed by atoms with van der Waals surface area (Å²) >= 11 is 0. The lowest BCUT2D eigenvalue weighted by Crippen LogP contribution is -2.58. The van der Waals surface area contributed by atoms with Crippen molar-refractivity contribution < 1.29 is 23.1 Å². The highest BCUT2D eigenvalue weighted by atomic mass is 28.4. The number of aliphatic hydroxyl groups is 1. The molecule has 1 N–H and O–H groups in total. The Morgan fingerprint density at radius 1 is 1.00 bits per heavy atom. The lowest BCUT2D eigenvalue weighted by atomic mass is 10.1. The van der Waals surface area contributed by atoms with Gasteiger partial charge in [-0.15, -0.1) is 0 Å². The molecule has 6 heteroatoms. The van der Waals surface area contributed by atoms with Crippen molar-refractivity contribution >= 4 is 14.0 Å². The first kappa shape index (κ1) is 18.1.